The lowest BCUT2D eigenvalue weighted by molar-refractivity contribution is -0.383. The Kier molecular flexibility index (Phi) is 1.89. The van der Waals surface area contributed by atoms with E-state index in [4.69, 9.17) is 0 Å². The molecule has 5 nitrogen and oxygen atoms in total. The zero-order valence-corrected chi connectivity index (χ0v) is 8.71. The van der Waals surface area contributed by atoms with Crippen LogP contribution in [0.15, 0.2) is 30.3 Å². The van der Waals surface area contributed by atoms with Crippen LogP contribution < -0.4 is 5.32 Å². The fourth-order valence-corrected chi connectivity index (χ4v) is 2.31. The molecule has 1 heterocycles. The van der Waals surface area contributed by atoms with Crippen molar-refractivity contribution in [3.05, 3.63) is 46.0 Å². The summed E-state index contributed by atoms with van der Waals surface area (Å²) in [6.07, 6.45) is 0.806. The third-order valence-corrected chi connectivity index (χ3v) is 3.03. The van der Waals surface area contributed by atoms with Gasteiger partial charge in [0, 0.05) is 17.1 Å². The fourth-order valence-electron chi connectivity index (χ4n) is 2.31. The molecule has 0 radical (unpaired) electrons. The predicted molar refractivity (Wildman–Crippen MR) is 63.0 cm³/mol. The lowest BCUT2D eigenvalue weighted by Crippen LogP contribution is -2.04. The molecule has 0 fully saturated rings. The number of benzene rings is 2. The first-order valence-corrected chi connectivity index (χ1v) is 5.14. The minimum absolute atomic E-state index is 0.0685. The molecule has 0 amide bonds. The van der Waals surface area contributed by atoms with Crippen LogP contribution in [0.3, 0.4) is 0 Å². The molecule has 1 atom stereocenters. The zero-order chi connectivity index (χ0) is 12.0. The first-order valence-electron chi connectivity index (χ1n) is 5.14. The van der Waals surface area contributed by atoms with Gasteiger partial charge in [-0.15, -0.1) is 0 Å². The fraction of sp³-hybridized carbons (Fsp3) is 0.0833. The van der Waals surface area contributed by atoms with E-state index < -0.39 is 11.0 Å². The van der Waals surface area contributed by atoms with Gasteiger partial charge in [0.2, 0.25) is 0 Å². The third kappa shape index (κ3) is 1.22. The van der Waals surface area contributed by atoms with Crippen LogP contribution in [0.1, 0.15) is 11.6 Å². The molecule has 3 rings (SSSR count). The number of nitrogens with zero attached hydrogens (tertiary/aromatic N) is 1. The second-order valence-corrected chi connectivity index (χ2v) is 3.92. The summed E-state index contributed by atoms with van der Waals surface area (Å²) in [7, 11) is 0. The van der Waals surface area contributed by atoms with E-state index in [1.165, 1.54) is 6.07 Å². The number of anilines is 1. The molecular weight excluding hydrogens is 220 g/mol. The number of non-ortho nitro benzene ring substituents is 1. The summed E-state index contributed by atoms with van der Waals surface area (Å²) in [5, 5.41) is 15.3. The van der Waals surface area contributed by atoms with E-state index in [1.807, 2.05) is 6.07 Å². The highest BCUT2D eigenvalue weighted by Gasteiger charge is 2.26. The number of carbonyl (C=O) groups is 1. The van der Waals surface area contributed by atoms with Crippen molar-refractivity contribution >= 4 is 28.4 Å². The molecule has 0 aromatic heterocycles. The highest BCUT2D eigenvalue weighted by molar-refractivity contribution is 6.06. The smallest absolute Gasteiger partial charge is 0.277 e. The maximum Gasteiger partial charge on any atom is 0.277 e. The van der Waals surface area contributed by atoms with Crippen LogP contribution >= 0.6 is 0 Å². The summed E-state index contributed by atoms with van der Waals surface area (Å²) in [6, 6.07) is 7.95. The van der Waals surface area contributed by atoms with Crippen molar-refractivity contribution in [2.45, 2.75) is 6.04 Å². The van der Waals surface area contributed by atoms with Gasteiger partial charge in [0.1, 0.15) is 12.3 Å². The summed E-state index contributed by atoms with van der Waals surface area (Å²) in [5.74, 6) is 0. The van der Waals surface area contributed by atoms with Crippen LogP contribution in [0.4, 0.5) is 11.4 Å². The topological polar surface area (TPSA) is 72.2 Å². The molecule has 0 aliphatic carbocycles. The molecule has 5 heteroatoms. The Morgan fingerprint density at radius 2 is 2.12 bits per heavy atom. The predicted octanol–water partition coefficient (Wildman–Crippen LogP) is 2.41. The van der Waals surface area contributed by atoms with Crippen molar-refractivity contribution in [1.82, 2.24) is 0 Å². The number of hydrogen-bond acceptors (Lipinski definition) is 4. The summed E-state index contributed by atoms with van der Waals surface area (Å²) in [5.41, 5.74) is 1.65. The summed E-state index contributed by atoms with van der Waals surface area (Å²) in [4.78, 5) is 21.5. The summed E-state index contributed by atoms with van der Waals surface area (Å²) < 4.78 is 0. The molecule has 0 spiro atoms. The second-order valence-electron chi connectivity index (χ2n) is 3.92. The highest BCUT2D eigenvalue weighted by Crippen LogP contribution is 2.41. The Labute approximate surface area is 96.2 Å². The van der Waals surface area contributed by atoms with Crippen LogP contribution in [0.5, 0.6) is 0 Å². The molecule has 1 aliphatic rings. The largest absolute Gasteiger partial charge is 0.371 e. The molecule has 2 aromatic rings. The average Bonchev–Trinajstić information content (AvgIpc) is 2.70. The molecule has 84 valence electrons. The van der Waals surface area contributed by atoms with Gasteiger partial charge in [-0.1, -0.05) is 12.1 Å². The normalized spacial score (nSPS) is 16.8. The summed E-state index contributed by atoms with van der Waals surface area (Å²) >= 11 is 0. The van der Waals surface area contributed by atoms with E-state index in [0.29, 0.717) is 5.39 Å². The monoisotopic (exact) mass is 228 g/mol. The van der Waals surface area contributed by atoms with Gasteiger partial charge >= 0.3 is 0 Å². The van der Waals surface area contributed by atoms with Crippen LogP contribution in [-0.4, -0.2) is 11.2 Å². The van der Waals surface area contributed by atoms with Crippen LogP contribution in [0.2, 0.25) is 0 Å². The molecule has 0 bridgehead atoms. The van der Waals surface area contributed by atoms with Gasteiger partial charge in [0.15, 0.2) is 0 Å². The molecular formula is C12H8N2O3. The van der Waals surface area contributed by atoms with Gasteiger partial charge in [0.05, 0.1) is 10.3 Å². The molecule has 1 N–H and O–H groups in total. The number of aldehydes is 1. The van der Waals surface area contributed by atoms with E-state index in [-0.39, 0.29) is 5.69 Å². The van der Waals surface area contributed by atoms with E-state index in [9.17, 15) is 14.9 Å². The first kappa shape index (κ1) is 9.77. The van der Waals surface area contributed by atoms with Gasteiger partial charge in [-0.2, -0.15) is 0 Å². The van der Waals surface area contributed by atoms with E-state index >= 15 is 0 Å². The standard InChI is InChI=1S/C12H8N2O3/c15-6-10-7-2-1-3-8-11(14(16)17)5-4-9(13-10)12(7)8/h1-6,10,13H. The van der Waals surface area contributed by atoms with Gasteiger partial charge in [0.25, 0.3) is 5.69 Å². The SMILES string of the molecule is O=CC1Nc2ccc([N+](=O)[O-])c3cccc1c23. The summed E-state index contributed by atoms with van der Waals surface area (Å²) in [6.45, 7) is 0. The second kappa shape index (κ2) is 3.28. The van der Waals surface area contributed by atoms with Gasteiger partial charge < -0.3 is 10.1 Å². The van der Waals surface area contributed by atoms with Crippen molar-refractivity contribution < 1.29 is 9.72 Å². The maximum atomic E-state index is 10.9. The van der Waals surface area contributed by atoms with Crippen molar-refractivity contribution in [2.75, 3.05) is 5.32 Å². The Bertz CT molecular complexity index is 651. The number of rotatable bonds is 2. The Morgan fingerprint density at radius 1 is 1.29 bits per heavy atom. The number of nitrogens with one attached hydrogen (secondary N) is 1. The molecule has 1 unspecified atom stereocenters. The molecule has 17 heavy (non-hydrogen) atoms. The van der Waals surface area contributed by atoms with E-state index in [2.05, 4.69) is 5.32 Å². The molecule has 2 aromatic carbocycles. The molecule has 0 saturated carbocycles. The van der Waals surface area contributed by atoms with Crippen LogP contribution in [0, 0.1) is 10.1 Å². The lowest BCUT2D eigenvalue weighted by atomic mass is 10.0. The minimum Gasteiger partial charge on any atom is -0.371 e. The first-order chi connectivity index (χ1) is 8.22. The van der Waals surface area contributed by atoms with Gasteiger partial charge in [-0.25, -0.2) is 0 Å². The quantitative estimate of drug-likeness (QED) is 0.486. The zero-order valence-electron chi connectivity index (χ0n) is 8.71. The highest BCUT2D eigenvalue weighted by atomic mass is 16.6. The van der Waals surface area contributed by atoms with E-state index in [1.54, 1.807) is 18.2 Å². The lowest BCUT2D eigenvalue weighted by Gasteiger charge is -2.02. The molecule has 1 aliphatic heterocycles. The number of carbonyl (C=O) groups excluding carboxylic acids is 1. The van der Waals surface area contributed by atoms with Gasteiger partial charge in [-0.3, -0.25) is 10.1 Å². The molecule has 0 saturated heterocycles. The van der Waals surface area contributed by atoms with Crippen molar-refractivity contribution in [2.24, 2.45) is 0 Å². The maximum absolute atomic E-state index is 10.9. The van der Waals surface area contributed by atoms with Crippen molar-refractivity contribution in [3.63, 3.8) is 0 Å². The average molecular weight is 228 g/mol. The Balaban J connectivity index is 2.41. The third-order valence-electron chi connectivity index (χ3n) is 3.03. The van der Waals surface area contributed by atoms with Crippen LogP contribution in [0.25, 0.3) is 10.8 Å². The van der Waals surface area contributed by atoms with Crippen molar-refractivity contribution in [1.29, 1.82) is 0 Å². The Hall–Kier alpha value is -2.43. The Morgan fingerprint density at radius 3 is 2.82 bits per heavy atom. The number of nitro groups is 1. The number of nitro benzene ring substituents is 1. The number of hydrogen-bond donors (Lipinski definition) is 1. The van der Waals surface area contributed by atoms with Crippen molar-refractivity contribution in [3.8, 4) is 0 Å². The minimum atomic E-state index is -0.407. The van der Waals surface area contributed by atoms with E-state index in [0.717, 1.165) is 22.9 Å². The van der Waals surface area contributed by atoms with Crippen LogP contribution in [-0.2, 0) is 4.79 Å². The van der Waals surface area contributed by atoms with Gasteiger partial charge in [-0.05, 0) is 17.7 Å².